The zero-order valence-corrected chi connectivity index (χ0v) is 20.6. The number of benzene rings is 4. The molecule has 4 rings (SSSR count). The van der Waals surface area contributed by atoms with Crippen LogP contribution in [0.4, 0.5) is 0 Å². The zero-order valence-electron chi connectivity index (χ0n) is 18.3. The molecule has 0 unspecified atom stereocenters. The summed E-state index contributed by atoms with van der Waals surface area (Å²) < 4.78 is 11.4. The molecule has 0 saturated heterocycles. The Hall–Kier alpha value is -2.43. The molecule has 0 radical (unpaired) electrons. The largest absolute Gasteiger partial charge is 0.497 e. The van der Waals surface area contributed by atoms with Gasteiger partial charge in [0, 0.05) is 27.7 Å². The van der Waals surface area contributed by atoms with Gasteiger partial charge in [-0.05, 0) is 59.6 Å². The summed E-state index contributed by atoms with van der Waals surface area (Å²) in [4.78, 5) is 0. The molecular weight excluding hydrogens is 477 g/mol. The Labute approximate surface area is 211 Å². The molecule has 4 aromatic rings. The Balaban J connectivity index is 0.00000306. The van der Waals surface area contributed by atoms with Crippen LogP contribution in [0.3, 0.4) is 0 Å². The van der Waals surface area contributed by atoms with E-state index in [2.05, 4.69) is 47.8 Å². The van der Waals surface area contributed by atoms with Crippen molar-refractivity contribution < 1.29 is 9.47 Å². The molecule has 0 amide bonds. The molecule has 6 heteroatoms. The van der Waals surface area contributed by atoms with E-state index in [0.717, 1.165) is 35.6 Å². The molecule has 0 aliphatic carbocycles. The minimum absolute atomic E-state index is 0. The van der Waals surface area contributed by atoms with Gasteiger partial charge in [0.25, 0.3) is 0 Å². The van der Waals surface area contributed by atoms with Gasteiger partial charge < -0.3 is 14.8 Å². The van der Waals surface area contributed by atoms with Crippen molar-refractivity contribution in [3.05, 3.63) is 106 Å². The van der Waals surface area contributed by atoms with Gasteiger partial charge in [-0.2, -0.15) is 0 Å². The highest BCUT2D eigenvalue weighted by Crippen LogP contribution is 2.30. The van der Waals surface area contributed by atoms with E-state index in [0.29, 0.717) is 23.2 Å². The number of nitrogens with one attached hydrogen (secondary N) is 1. The van der Waals surface area contributed by atoms with Gasteiger partial charge in [-0.25, -0.2) is 0 Å². The number of hydrogen-bond acceptors (Lipinski definition) is 3. The van der Waals surface area contributed by atoms with Gasteiger partial charge in [-0.15, -0.1) is 12.4 Å². The van der Waals surface area contributed by atoms with E-state index in [1.165, 1.54) is 16.3 Å². The molecular formula is C27H26Cl3NO2. The number of hydrogen-bond donors (Lipinski definition) is 1. The van der Waals surface area contributed by atoms with Crippen LogP contribution in [-0.4, -0.2) is 13.7 Å². The maximum absolute atomic E-state index is 6.33. The first kappa shape index (κ1) is 25.2. The highest BCUT2D eigenvalue weighted by atomic mass is 35.5. The van der Waals surface area contributed by atoms with Gasteiger partial charge in [0.1, 0.15) is 18.1 Å². The van der Waals surface area contributed by atoms with Crippen LogP contribution in [-0.2, 0) is 19.6 Å². The van der Waals surface area contributed by atoms with Crippen molar-refractivity contribution >= 4 is 46.4 Å². The lowest BCUT2D eigenvalue weighted by Gasteiger charge is -2.16. The molecule has 0 aromatic heterocycles. The van der Waals surface area contributed by atoms with E-state index < -0.39 is 0 Å². The van der Waals surface area contributed by atoms with Gasteiger partial charge in [0.2, 0.25) is 0 Å². The summed E-state index contributed by atoms with van der Waals surface area (Å²) in [6, 6.07) is 26.2. The van der Waals surface area contributed by atoms with E-state index >= 15 is 0 Å². The van der Waals surface area contributed by atoms with E-state index in [-0.39, 0.29) is 12.4 Å². The van der Waals surface area contributed by atoms with Crippen molar-refractivity contribution in [1.29, 1.82) is 0 Å². The van der Waals surface area contributed by atoms with Crippen molar-refractivity contribution in [3.63, 3.8) is 0 Å². The topological polar surface area (TPSA) is 30.5 Å². The lowest BCUT2D eigenvalue weighted by molar-refractivity contribution is 0.303. The molecule has 1 N–H and O–H groups in total. The first-order valence-corrected chi connectivity index (χ1v) is 11.3. The summed E-state index contributed by atoms with van der Waals surface area (Å²) in [6.45, 7) is 1.95. The Morgan fingerprint density at radius 2 is 1.67 bits per heavy atom. The van der Waals surface area contributed by atoms with Crippen LogP contribution >= 0.6 is 35.6 Å². The summed E-state index contributed by atoms with van der Waals surface area (Å²) in [5.74, 6) is 1.73. The number of methoxy groups -OCH3 is 1. The first-order chi connectivity index (χ1) is 15.6. The van der Waals surface area contributed by atoms with Crippen molar-refractivity contribution in [2.45, 2.75) is 19.6 Å². The number of halogens is 3. The fourth-order valence-electron chi connectivity index (χ4n) is 3.67. The average molecular weight is 503 g/mol. The van der Waals surface area contributed by atoms with Crippen LogP contribution in [0.1, 0.15) is 16.7 Å². The summed E-state index contributed by atoms with van der Waals surface area (Å²) in [6.07, 6.45) is 0.936. The minimum Gasteiger partial charge on any atom is -0.497 e. The fourth-order valence-corrected chi connectivity index (χ4v) is 4.13. The Kier molecular flexibility index (Phi) is 9.28. The van der Waals surface area contributed by atoms with Crippen molar-refractivity contribution in [2.75, 3.05) is 13.7 Å². The van der Waals surface area contributed by atoms with E-state index in [1.807, 2.05) is 30.3 Å². The number of ether oxygens (including phenoxy) is 2. The van der Waals surface area contributed by atoms with E-state index in [1.54, 1.807) is 13.2 Å². The Bertz CT molecular complexity index is 1200. The maximum Gasteiger partial charge on any atom is 0.124 e. The van der Waals surface area contributed by atoms with Crippen LogP contribution in [0.25, 0.3) is 10.8 Å². The second-order valence-corrected chi connectivity index (χ2v) is 8.41. The molecule has 0 fully saturated rings. The van der Waals surface area contributed by atoms with Crippen molar-refractivity contribution in [1.82, 2.24) is 5.32 Å². The molecule has 3 nitrogen and oxygen atoms in total. The lowest BCUT2D eigenvalue weighted by Crippen LogP contribution is -2.17. The molecule has 0 heterocycles. The van der Waals surface area contributed by atoms with E-state index in [9.17, 15) is 0 Å². The van der Waals surface area contributed by atoms with E-state index in [4.69, 9.17) is 32.7 Å². The molecule has 0 aliphatic heterocycles. The van der Waals surface area contributed by atoms with Crippen molar-refractivity contribution in [2.24, 2.45) is 0 Å². The zero-order chi connectivity index (χ0) is 22.3. The van der Waals surface area contributed by atoms with Gasteiger partial charge >= 0.3 is 0 Å². The minimum atomic E-state index is 0. The summed E-state index contributed by atoms with van der Waals surface area (Å²) in [7, 11) is 1.68. The Morgan fingerprint density at radius 1 is 0.879 bits per heavy atom. The maximum atomic E-state index is 6.33. The smallest absolute Gasteiger partial charge is 0.124 e. The summed E-state index contributed by atoms with van der Waals surface area (Å²) in [5.41, 5.74) is 3.32. The molecule has 172 valence electrons. The van der Waals surface area contributed by atoms with Gasteiger partial charge in [0.15, 0.2) is 0 Å². The van der Waals surface area contributed by atoms with Crippen LogP contribution in [0.5, 0.6) is 11.5 Å². The second kappa shape index (κ2) is 12.2. The van der Waals surface area contributed by atoms with Crippen LogP contribution in [0, 0.1) is 0 Å². The molecule has 33 heavy (non-hydrogen) atoms. The molecule has 0 saturated carbocycles. The lowest BCUT2D eigenvalue weighted by atomic mass is 10.0. The molecule has 0 spiro atoms. The predicted octanol–water partition coefficient (Wildman–Crippen LogP) is 7.49. The second-order valence-electron chi connectivity index (χ2n) is 7.56. The number of fused-ring (bicyclic) bond motifs is 1. The molecule has 0 atom stereocenters. The predicted molar refractivity (Wildman–Crippen MR) is 140 cm³/mol. The normalized spacial score (nSPS) is 10.6. The monoisotopic (exact) mass is 501 g/mol. The standard InChI is InChI=1S/C27H25Cl2NO2.ClH/c1-31-23-11-6-19(7-12-23)14-15-30-17-25-24-5-3-2-4-20(24)9-13-27(25)32-18-21-8-10-22(28)16-26(21)29;/h2-13,16,30H,14-15,17-18H2,1H3;1H. The number of rotatable bonds is 9. The molecule has 4 aromatic carbocycles. The van der Waals surface area contributed by atoms with Crippen LogP contribution in [0.2, 0.25) is 10.0 Å². The highest BCUT2D eigenvalue weighted by molar-refractivity contribution is 6.35. The highest BCUT2D eigenvalue weighted by Gasteiger charge is 2.10. The average Bonchev–Trinajstić information content (AvgIpc) is 2.82. The van der Waals surface area contributed by atoms with Gasteiger partial charge in [0.05, 0.1) is 7.11 Å². The van der Waals surface area contributed by atoms with Crippen LogP contribution in [0.15, 0.2) is 78.9 Å². The van der Waals surface area contributed by atoms with Gasteiger partial charge in [-0.3, -0.25) is 0 Å². The van der Waals surface area contributed by atoms with Crippen molar-refractivity contribution in [3.8, 4) is 11.5 Å². The van der Waals surface area contributed by atoms with Crippen LogP contribution < -0.4 is 14.8 Å². The summed E-state index contributed by atoms with van der Waals surface area (Å²) >= 11 is 12.3. The first-order valence-electron chi connectivity index (χ1n) is 10.5. The third-order valence-electron chi connectivity index (χ3n) is 5.45. The summed E-state index contributed by atoms with van der Waals surface area (Å²) in [5, 5.41) is 7.17. The molecule has 0 bridgehead atoms. The molecule has 0 aliphatic rings. The fraction of sp³-hybridized carbons (Fsp3) is 0.185. The quantitative estimate of drug-likeness (QED) is 0.241. The third-order valence-corrected chi connectivity index (χ3v) is 6.03. The SMILES string of the molecule is COc1ccc(CCNCc2c(OCc3ccc(Cl)cc3Cl)ccc3ccccc23)cc1.Cl. The van der Waals surface area contributed by atoms with Gasteiger partial charge in [-0.1, -0.05) is 71.7 Å². The Morgan fingerprint density at radius 3 is 2.42 bits per heavy atom. The third kappa shape index (κ3) is 6.55.